The van der Waals surface area contributed by atoms with E-state index in [4.69, 9.17) is 31.0 Å². The summed E-state index contributed by atoms with van der Waals surface area (Å²) in [6, 6.07) is 25.9. The first-order valence-electron chi connectivity index (χ1n) is 12.6. The molecule has 2 unspecified atom stereocenters. The summed E-state index contributed by atoms with van der Waals surface area (Å²) in [5, 5.41) is 9.09. The number of hydrogen-bond donors (Lipinski definition) is 3. The van der Waals surface area contributed by atoms with E-state index < -0.39 is 24.3 Å². The van der Waals surface area contributed by atoms with Crippen LogP contribution in [0.15, 0.2) is 89.9 Å². The maximum absolute atomic E-state index is 13.0. The largest absolute Gasteiger partial charge is 0.490 e. The van der Waals surface area contributed by atoms with Crippen LogP contribution < -0.4 is 16.4 Å². The van der Waals surface area contributed by atoms with E-state index in [0.29, 0.717) is 24.7 Å². The zero-order chi connectivity index (χ0) is 27.4. The van der Waals surface area contributed by atoms with Crippen LogP contribution in [0.25, 0.3) is 0 Å². The molecule has 0 aromatic heterocycles. The molecule has 11 heteroatoms. The zero-order valence-corrected chi connectivity index (χ0v) is 21.6. The number of ether oxygens (including phenoxy) is 2. The van der Waals surface area contributed by atoms with E-state index in [1.807, 2.05) is 60.7 Å². The molecule has 2 fully saturated rings. The minimum Gasteiger partial charge on any atom is -0.490 e. The summed E-state index contributed by atoms with van der Waals surface area (Å²) in [4.78, 5) is 35.0. The fraction of sp³-hybridized carbons (Fsp3) is 0.276. The highest BCUT2D eigenvalue weighted by atomic mass is 16.7. The lowest BCUT2D eigenvalue weighted by molar-refractivity contribution is -0.163. The van der Waals surface area contributed by atoms with Gasteiger partial charge in [-0.15, -0.1) is 0 Å². The van der Waals surface area contributed by atoms with Crippen LogP contribution in [0, 0.1) is 11.8 Å². The molecular formula is C29H32N4O7. The first-order valence-corrected chi connectivity index (χ1v) is 12.6. The number of likely N-dealkylation sites (tertiary alicyclic amines) is 1. The van der Waals surface area contributed by atoms with E-state index in [2.05, 4.69) is 4.99 Å². The van der Waals surface area contributed by atoms with Gasteiger partial charge in [0.15, 0.2) is 6.10 Å². The second-order valence-corrected chi connectivity index (χ2v) is 9.62. The lowest BCUT2D eigenvalue weighted by Gasteiger charge is -2.22. The van der Waals surface area contributed by atoms with Crippen LogP contribution in [0.2, 0.25) is 0 Å². The molecule has 11 nitrogen and oxygen atoms in total. The molecule has 0 bridgehead atoms. The van der Waals surface area contributed by atoms with Gasteiger partial charge in [-0.2, -0.15) is 0 Å². The number of benzene rings is 3. The van der Waals surface area contributed by atoms with Gasteiger partial charge in [0.2, 0.25) is 6.10 Å². The van der Waals surface area contributed by atoms with Gasteiger partial charge in [-0.1, -0.05) is 60.7 Å². The lowest BCUT2D eigenvalue weighted by Crippen LogP contribution is -2.35. The highest BCUT2D eigenvalue weighted by Crippen LogP contribution is 2.48. The van der Waals surface area contributed by atoms with Crippen molar-refractivity contribution >= 4 is 17.9 Å². The van der Waals surface area contributed by atoms with Crippen molar-refractivity contribution in [3.63, 3.8) is 0 Å². The molecular weight excluding hydrogens is 516 g/mol. The van der Waals surface area contributed by atoms with Crippen LogP contribution >= 0.6 is 0 Å². The third kappa shape index (κ3) is 6.40. The number of nitrogens with two attached hydrogens (primary N) is 2. The maximum atomic E-state index is 13.0. The third-order valence-electron chi connectivity index (χ3n) is 7.12. The van der Waals surface area contributed by atoms with Crippen LogP contribution in [0.1, 0.15) is 22.8 Å². The van der Waals surface area contributed by atoms with Crippen LogP contribution in [0.4, 0.5) is 4.79 Å². The SMILES string of the molecule is NO[C@H](COc1ccc(C(N)=NC2C3CN(C(=O)O)CC32)cc1)C(=O)OC(c1ccccc1)c1ccccc1.O. The van der Waals surface area contributed by atoms with Gasteiger partial charge in [0.25, 0.3) is 0 Å². The molecule has 5 rings (SSSR count). The Hall–Kier alpha value is -4.45. The van der Waals surface area contributed by atoms with E-state index >= 15 is 0 Å². The number of fused-ring (bicyclic) bond motifs is 1. The number of amidine groups is 1. The average molecular weight is 549 g/mol. The Labute approximate surface area is 231 Å². The van der Waals surface area contributed by atoms with Crippen molar-refractivity contribution in [3.05, 3.63) is 102 Å². The van der Waals surface area contributed by atoms with Crippen LogP contribution in [0.5, 0.6) is 5.75 Å². The molecule has 7 N–H and O–H groups in total. The standard InChI is InChI=1S/C29H30N4O6.H2O/c30-27(32-25-22-15-33(29(35)36)16-23(22)25)20-11-13-21(14-12-20)37-17-24(39-31)28(34)38-26(18-7-3-1-4-8-18)19-9-5-2-6-10-19;/h1-14,22-26H,15-17,31H2,(H2,30,32)(H,35,36);1H2/t22?,23?,24-,25?;/m1./s1. The predicted molar refractivity (Wildman–Crippen MR) is 147 cm³/mol. The Morgan fingerprint density at radius 3 is 1.98 bits per heavy atom. The summed E-state index contributed by atoms with van der Waals surface area (Å²) >= 11 is 0. The molecule has 3 atom stereocenters. The van der Waals surface area contributed by atoms with Crippen LogP contribution in [0.3, 0.4) is 0 Å². The van der Waals surface area contributed by atoms with Gasteiger partial charge in [-0.05, 0) is 35.4 Å². The van der Waals surface area contributed by atoms with E-state index in [1.54, 1.807) is 24.3 Å². The highest BCUT2D eigenvalue weighted by Gasteiger charge is 2.57. The maximum Gasteiger partial charge on any atom is 0.407 e. The van der Waals surface area contributed by atoms with Crippen molar-refractivity contribution in [2.75, 3.05) is 19.7 Å². The molecule has 1 aliphatic carbocycles. The number of nitrogens with zero attached hydrogens (tertiary/aromatic N) is 2. The van der Waals surface area contributed by atoms with E-state index in [-0.39, 0.29) is 30.0 Å². The van der Waals surface area contributed by atoms with E-state index in [0.717, 1.165) is 16.7 Å². The first-order chi connectivity index (χ1) is 18.9. The second-order valence-electron chi connectivity index (χ2n) is 9.62. The smallest absolute Gasteiger partial charge is 0.407 e. The second kappa shape index (κ2) is 12.6. The van der Waals surface area contributed by atoms with Gasteiger partial charge in [-0.3, -0.25) is 9.83 Å². The molecule has 1 saturated carbocycles. The summed E-state index contributed by atoms with van der Waals surface area (Å²) in [6.45, 7) is 0.844. The minimum atomic E-state index is -1.15. The van der Waals surface area contributed by atoms with Crippen LogP contribution in [-0.2, 0) is 14.4 Å². The number of hydrogen-bond acceptors (Lipinski definition) is 7. The topological polar surface area (TPSA) is 181 Å². The van der Waals surface area contributed by atoms with Gasteiger partial charge in [0, 0.05) is 30.5 Å². The van der Waals surface area contributed by atoms with Crippen molar-refractivity contribution in [1.82, 2.24) is 4.90 Å². The first kappa shape index (κ1) is 28.6. The van der Waals surface area contributed by atoms with Gasteiger partial charge in [0.1, 0.15) is 18.2 Å². The molecule has 2 aliphatic rings. The molecule has 3 aromatic carbocycles. The summed E-state index contributed by atoms with van der Waals surface area (Å²) < 4.78 is 11.6. The number of rotatable bonds is 10. The van der Waals surface area contributed by atoms with Crippen molar-refractivity contribution < 1.29 is 34.5 Å². The average Bonchev–Trinajstić information content (AvgIpc) is 3.38. The fourth-order valence-corrected chi connectivity index (χ4v) is 4.91. The van der Waals surface area contributed by atoms with E-state index in [9.17, 15) is 9.59 Å². The van der Waals surface area contributed by atoms with Gasteiger partial charge >= 0.3 is 12.1 Å². The molecule has 1 heterocycles. The fourth-order valence-electron chi connectivity index (χ4n) is 4.91. The number of esters is 1. The van der Waals surface area contributed by atoms with Crippen molar-refractivity contribution in [3.8, 4) is 5.75 Å². The Bertz CT molecular complexity index is 1270. The molecule has 1 amide bonds. The Kier molecular flexibility index (Phi) is 9.00. The van der Waals surface area contributed by atoms with Gasteiger partial charge in [-0.25, -0.2) is 15.5 Å². The number of carboxylic acid groups (broad SMARTS) is 1. The Morgan fingerprint density at radius 2 is 1.48 bits per heavy atom. The van der Waals surface area contributed by atoms with E-state index in [1.165, 1.54) is 4.90 Å². The number of aliphatic imine (C=N–C) groups is 1. The number of piperidine rings is 1. The van der Waals surface area contributed by atoms with Crippen molar-refractivity contribution in [1.29, 1.82) is 0 Å². The third-order valence-corrected chi connectivity index (χ3v) is 7.12. The highest BCUT2D eigenvalue weighted by molar-refractivity contribution is 5.97. The molecule has 210 valence electrons. The van der Waals surface area contributed by atoms with Crippen molar-refractivity contribution in [2.45, 2.75) is 18.2 Å². The van der Waals surface area contributed by atoms with Gasteiger partial charge < -0.3 is 30.7 Å². The summed E-state index contributed by atoms with van der Waals surface area (Å²) in [5.41, 5.74) is 8.55. The van der Waals surface area contributed by atoms with Crippen LogP contribution in [-0.4, -0.2) is 65.2 Å². The Balaban J connectivity index is 0.00000370. The molecule has 40 heavy (non-hydrogen) atoms. The molecule has 1 saturated heterocycles. The van der Waals surface area contributed by atoms with Crippen molar-refractivity contribution in [2.24, 2.45) is 28.5 Å². The predicted octanol–water partition coefficient (Wildman–Crippen LogP) is 2.15. The lowest BCUT2D eigenvalue weighted by atomic mass is 10.0. The quantitative estimate of drug-likeness (QED) is 0.149. The number of carbonyl (C=O) groups excluding carboxylic acids is 1. The Morgan fingerprint density at radius 1 is 0.925 bits per heavy atom. The number of carbonyl (C=O) groups is 2. The molecule has 0 spiro atoms. The normalized spacial score (nSPS) is 20.3. The monoisotopic (exact) mass is 548 g/mol. The summed E-state index contributed by atoms with van der Waals surface area (Å²) in [5.74, 6) is 6.12. The minimum absolute atomic E-state index is 0. The molecule has 0 radical (unpaired) electrons. The number of amides is 1. The molecule has 3 aromatic rings. The molecule has 1 aliphatic heterocycles. The summed E-state index contributed by atoms with van der Waals surface area (Å²) in [6.07, 6.45) is -2.67. The zero-order valence-electron chi connectivity index (χ0n) is 21.6. The van der Waals surface area contributed by atoms with Gasteiger partial charge in [0.05, 0.1) is 6.04 Å². The summed E-state index contributed by atoms with van der Waals surface area (Å²) in [7, 11) is 0.